The zero-order valence-electron chi connectivity index (χ0n) is 14.8. The van der Waals surface area contributed by atoms with E-state index in [1.807, 2.05) is 17.5 Å². The first-order valence-corrected chi connectivity index (χ1v) is 9.81. The maximum absolute atomic E-state index is 14.0. The number of nitrogens with zero attached hydrogens (tertiary/aromatic N) is 2. The van der Waals surface area contributed by atoms with Gasteiger partial charge in [0.2, 0.25) is 0 Å². The summed E-state index contributed by atoms with van der Waals surface area (Å²) < 4.78 is 19.4. The minimum Gasteiger partial charge on any atom is -0.449 e. The summed E-state index contributed by atoms with van der Waals surface area (Å²) in [7, 11) is 0. The van der Waals surface area contributed by atoms with Gasteiger partial charge in [0, 0.05) is 42.9 Å². The molecule has 3 heterocycles. The van der Waals surface area contributed by atoms with E-state index in [2.05, 4.69) is 10.3 Å². The number of hydrogen-bond acceptors (Lipinski definition) is 6. The monoisotopic (exact) mass is 388 g/mol. The van der Waals surface area contributed by atoms with E-state index >= 15 is 0 Å². The fourth-order valence-electron chi connectivity index (χ4n) is 3.53. The van der Waals surface area contributed by atoms with Gasteiger partial charge in [-0.2, -0.15) is 0 Å². The standard InChI is InChI=1S/C19H21FN4O2S/c20-14-4-1-5-15-16(14)17(21)23-19(22-15)7-9-24(10-8-19)18(25)26-11-6-13-3-2-12-27-13/h1-5,12,22H,6-11H2,(H2,21,23). The summed E-state index contributed by atoms with van der Waals surface area (Å²) in [6.45, 7) is 1.38. The van der Waals surface area contributed by atoms with Gasteiger partial charge in [0.1, 0.15) is 17.3 Å². The van der Waals surface area contributed by atoms with Crippen molar-refractivity contribution in [3.05, 3.63) is 52.0 Å². The lowest BCUT2D eigenvalue weighted by Crippen LogP contribution is -2.52. The van der Waals surface area contributed by atoms with Crippen LogP contribution in [0, 0.1) is 5.82 Å². The minimum atomic E-state index is -0.599. The maximum Gasteiger partial charge on any atom is 0.409 e. The van der Waals surface area contributed by atoms with Crippen LogP contribution in [0.25, 0.3) is 0 Å². The van der Waals surface area contributed by atoms with Gasteiger partial charge in [0.05, 0.1) is 12.2 Å². The van der Waals surface area contributed by atoms with Crippen molar-refractivity contribution in [2.45, 2.75) is 24.9 Å². The van der Waals surface area contributed by atoms with E-state index in [1.165, 1.54) is 10.9 Å². The molecule has 1 saturated heterocycles. The Morgan fingerprint density at radius 3 is 2.89 bits per heavy atom. The predicted octanol–water partition coefficient (Wildman–Crippen LogP) is 3.19. The number of ether oxygens (including phenoxy) is 1. The molecular formula is C19H21FN4O2S. The van der Waals surface area contributed by atoms with Crippen LogP contribution < -0.4 is 11.1 Å². The number of nitrogens with one attached hydrogen (secondary N) is 1. The van der Waals surface area contributed by atoms with Gasteiger partial charge in [-0.3, -0.25) is 0 Å². The molecule has 0 radical (unpaired) electrons. The highest BCUT2D eigenvalue weighted by Crippen LogP contribution is 2.35. The third-order valence-corrected chi connectivity index (χ3v) is 5.91. The van der Waals surface area contributed by atoms with E-state index in [9.17, 15) is 9.18 Å². The molecule has 27 heavy (non-hydrogen) atoms. The number of carbonyl (C=O) groups is 1. The molecule has 2 aliphatic heterocycles. The number of halogens is 1. The molecule has 8 heteroatoms. The number of rotatable bonds is 3. The highest BCUT2D eigenvalue weighted by Gasteiger charge is 2.39. The van der Waals surface area contributed by atoms with Crippen LogP contribution in [0.2, 0.25) is 0 Å². The van der Waals surface area contributed by atoms with Gasteiger partial charge >= 0.3 is 6.09 Å². The van der Waals surface area contributed by atoms with Crippen molar-refractivity contribution in [2.75, 3.05) is 25.0 Å². The zero-order valence-corrected chi connectivity index (χ0v) is 15.6. The smallest absolute Gasteiger partial charge is 0.409 e. The summed E-state index contributed by atoms with van der Waals surface area (Å²) in [6.07, 6.45) is 1.60. The fraction of sp³-hybridized carbons (Fsp3) is 0.368. The van der Waals surface area contributed by atoms with Crippen molar-refractivity contribution in [1.82, 2.24) is 4.90 Å². The molecule has 4 rings (SSSR count). The van der Waals surface area contributed by atoms with Gasteiger partial charge in [0.25, 0.3) is 0 Å². The number of amides is 1. The molecule has 1 aromatic heterocycles. The number of hydrogen-bond donors (Lipinski definition) is 2. The van der Waals surface area contributed by atoms with Gasteiger partial charge in [-0.25, -0.2) is 14.2 Å². The Kier molecular flexibility index (Phi) is 4.73. The molecule has 0 unspecified atom stereocenters. The van der Waals surface area contributed by atoms with Crippen LogP contribution in [0.4, 0.5) is 14.9 Å². The number of piperidine rings is 1. The largest absolute Gasteiger partial charge is 0.449 e. The summed E-state index contributed by atoms with van der Waals surface area (Å²) in [4.78, 5) is 19.7. The van der Waals surface area contributed by atoms with E-state index in [0.717, 1.165) is 6.42 Å². The lowest BCUT2D eigenvalue weighted by atomic mass is 9.94. The number of benzene rings is 1. The molecule has 142 valence electrons. The summed E-state index contributed by atoms with van der Waals surface area (Å²) in [5.41, 5.74) is 6.39. The van der Waals surface area contributed by atoms with Crippen LogP contribution in [0.5, 0.6) is 0 Å². The van der Waals surface area contributed by atoms with Crippen molar-refractivity contribution in [3.8, 4) is 0 Å². The Hall–Kier alpha value is -2.61. The zero-order chi connectivity index (χ0) is 18.9. The maximum atomic E-state index is 14.0. The van der Waals surface area contributed by atoms with E-state index in [1.54, 1.807) is 28.4 Å². The number of carbonyl (C=O) groups excluding carboxylic acids is 1. The van der Waals surface area contributed by atoms with E-state index in [0.29, 0.717) is 43.8 Å². The van der Waals surface area contributed by atoms with E-state index in [4.69, 9.17) is 10.5 Å². The molecule has 0 aliphatic carbocycles. The Morgan fingerprint density at radius 1 is 1.33 bits per heavy atom. The highest BCUT2D eigenvalue weighted by molar-refractivity contribution is 7.09. The van der Waals surface area contributed by atoms with Crippen molar-refractivity contribution in [3.63, 3.8) is 0 Å². The molecule has 1 spiro atoms. The first-order valence-electron chi connectivity index (χ1n) is 8.93. The van der Waals surface area contributed by atoms with Crippen LogP contribution in [0.15, 0.2) is 40.7 Å². The van der Waals surface area contributed by atoms with Crippen LogP contribution in [-0.4, -0.2) is 42.2 Å². The average Bonchev–Trinajstić information content (AvgIpc) is 3.15. The quantitative estimate of drug-likeness (QED) is 0.846. The molecule has 0 bridgehead atoms. The van der Waals surface area contributed by atoms with Crippen molar-refractivity contribution < 1.29 is 13.9 Å². The second-order valence-corrected chi connectivity index (χ2v) is 7.78. The molecule has 1 amide bonds. The predicted molar refractivity (Wildman–Crippen MR) is 104 cm³/mol. The molecule has 1 aromatic carbocycles. The van der Waals surface area contributed by atoms with Gasteiger partial charge < -0.3 is 20.7 Å². The molecule has 0 saturated carbocycles. The first kappa shape index (κ1) is 17.8. The summed E-state index contributed by atoms with van der Waals surface area (Å²) in [6, 6.07) is 8.83. The van der Waals surface area contributed by atoms with Gasteiger partial charge in [0.15, 0.2) is 0 Å². The Bertz CT molecular complexity index is 861. The Balaban J connectivity index is 1.35. The normalized spacial score (nSPS) is 17.8. The van der Waals surface area contributed by atoms with E-state index in [-0.39, 0.29) is 17.7 Å². The molecule has 0 atom stereocenters. The highest BCUT2D eigenvalue weighted by atomic mass is 32.1. The first-order chi connectivity index (χ1) is 13.1. The number of amidine groups is 1. The van der Waals surface area contributed by atoms with Crippen molar-refractivity contribution in [2.24, 2.45) is 10.7 Å². The molecule has 1 fully saturated rings. The lowest BCUT2D eigenvalue weighted by Gasteiger charge is -2.42. The number of likely N-dealkylation sites (tertiary alicyclic amines) is 1. The summed E-state index contributed by atoms with van der Waals surface area (Å²) in [5.74, 6) is -0.184. The lowest BCUT2D eigenvalue weighted by molar-refractivity contribution is 0.0875. The number of nitrogens with two attached hydrogens (primary N) is 1. The summed E-state index contributed by atoms with van der Waals surface area (Å²) in [5, 5.41) is 5.33. The molecular weight excluding hydrogens is 367 g/mol. The van der Waals surface area contributed by atoms with E-state index < -0.39 is 5.66 Å². The molecule has 6 nitrogen and oxygen atoms in total. The minimum absolute atomic E-state index is 0.203. The third kappa shape index (κ3) is 3.62. The average molecular weight is 388 g/mol. The van der Waals surface area contributed by atoms with Gasteiger partial charge in [-0.15, -0.1) is 11.3 Å². The van der Waals surface area contributed by atoms with Crippen LogP contribution in [0.3, 0.4) is 0 Å². The second-order valence-electron chi connectivity index (χ2n) is 6.75. The third-order valence-electron chi connectivity index (χ3n) is 4.97. The number of anilines is 1. The summed E-state index contributed by atoms with van der Waals surface area (Å²) >= 11 is 1.65. The van der Waals surface area contributed by atoms with Crippen LogP contribution >= 0.6 is 11.3 Å². The molecule has 2 aliphatic rings. The van der Waals surface area contributed by atoms with Crippen molar-refractivity contribution >= 4 is 29.0 Å². The molecule has 2 aromatic rings. The van der Waals surface area contributed by atoms with Gasteiger partial charge in [-0.05, 0) is 23.6 Å². The van der Waals surface area contributed by atoms with Crippen molar-refractivity contribution in [1.29, 1.82) is 0 Å². The van der Waals surface area contributed by atoms with Gasteiger partial charge in [-0.1, -0.05) is 12.1 Å². The number of fused-ring (bicyclic) bond motifs is 1. The van der Waals surface area contributed by atoms with Crippen LogP contribution in [-0.2, 0) is 11.2 Å². The topological polar surface area (TPSA) is 80.0 Å². The Morgan fingerprint density at radius 2 is 2.15 bits per heavy atom. The second kappa shape index (κ2) is 7.19. The SMILES string of the molecule is NC1=NC2(CCN(C(=O)OCCc3cccs3)CC2)Nc2cccc(F)c21. The number of thiophene rings is 1. The number of aliphatic imine (C=N–C) groups is 1. The van der Waals surface area contributed by atoms with Crippen LogP contribution in [0.1, 0.15) is 23.3 Å². The Labute approximate surface area is 160 Å². The fourth-order valence-corrected chi connectivity index (χ4v) is 4.23. The molecule has 3 N–H and O–H groups in total.